The zero-order chi connectivity index (χ0) is 23.9. The van der Waals surface area contributed by atoms with E-state index in [1.807, 2.05) is 13.8 Å². The number of fused-ring (bicyclic) bond motifs is 1. The number of aromatic nitrogens is 1. The number of carbonyl (C=O) groups excluding carboxylic acids is 1. The van der Waals surface area contributed by atoms with Gasteiger partial charge in [0.05, 0.1) is 11.6 Å². The van der Waals surface area contributed by atoms with E-state index in [1.165, 1.54) is 12.1 Å². The Morgan fingerprint density at radius 3 is 2.52 bits per heavy atom. The van der Waals surface area contributed by atoms with Crippen LogP contribution in [0, 0.1) is 18.7 Å². The van der Waals surface area contributed by atoms with Crippen molar-refractivity contribution in [2.75, 3.05) is 0 Å². The third kappa shape index (κ3) is 4.40. The number of benzene rings is 2. The van der Waals surface area contributed by atoms with E-state index in [1.54, 1.807) is 31.2 Å². The molecule has 1 aromatic heterocycles. The molecule has 1 fully saturated rings. The monoisotopic (exact) mass is 450 g/mol. The number of nitrogens with one attached hydrogen (secondary N) is 1. The molecule has 6 nitrogen and oxygen atoms in total. The van der Waals surface area contributed by atoms with Gasteiger partial charge in [-0.25, -0.2) is 9.37 Å². The Balaban J connectivity index is 1.84. The highest BCUT2D eigenvalue weighted by Gasteiger charge is 2.31. The van der Waals surface area contributed by atoms with E-state index >= 15 is 0 Å². The maximum absolute atomic E-state index is 13.9. The van der Waals surface area contributed by atoms with Crippen LogP contribution in [0.15, 0.2) is 36.4 Å². The molecule has 1 amide bonds. The Morgan fingerprint density at radius 1 is 1.12 bits per heavy atom. The van der Waals surface area contributed by atoms with Crippen LogP contribution in [0.1, 0.15) is 60.8 Å². The number of aryl methyl sites for hydroxylation is 1. The molecule has 1 saturated carbocycles. The summed E-state index contributed by atoms with van der Waals surface area (Å²) in [5.74, 6) is -2.03. The van der Waals surface area contributed by atoms with Gasteiger partial charge in [-0.1, -0.05) is 19.9 Å². The van der Waals surface area contributed by atoms with Crippen molar-refractivity contribution in [3.05, 3.63) is 59.2 Å². The quantitative estimate of drug-likeness (QED) is 0.499. The smallest absolute Gasteiger partial charge is 0.306 e. The molecule has 3 N–H and O–H groups in total. The van der Waals surface area contributed by atoms with Gasteiger partial charge in [0.1, 0.15) is 17.3 Å². The molecule has 2 unspecified atom stereocenters. The number of hydrogen-bond donors (Lipinski definition) is 3. The lowest BCUT2D eigenvalue weighted by Crippen LogP contribution is -2.34. The first kappa shape index (κ1) is 22.7. The van der Waals surface area contributed by atoms with Gasteiger partial charge in [0.15, 0.2) is 0 Å². The number of carbonyl (C=O) groups is 2. The number of phenols is 1. The van der Waals surface area contributed by atoms with Gasteiger partial charge in [0, 0.05) is 17.0 Å². The lowest BCUT2D eigenvalue weighted by molar-refractivity contribution is -0.141. The van der Waals surface area contributed by atoms with E-state index in [9.17, 15) is 24.2 Å². The minimum Gasteiger partial charge on any atom is -0.508 e. The molecule has 0 aliphatic heterocycles. The largest absolute Gasteiger partial charge is 0.508 e. The number of carboxylic acid groups (broad SMARTS) is 1. The Morgan fingerprint density at radius 2 is 1.88 bits per heavy atom. The molecular weight excluding hydrogens is 423 g/mol. The predicted octanol–water partition coefficient (Wildman–Crippen LogP) is 5.16. The van der Waals surface area contributed by atoms with E-state index in [2.05, 4.69) is 5.32 Å². The number of pyridine rings is 1. The summed E-state index contributed by atoms with van der Waals surface area (Å²) < 4.78 is 13.9. The van der Waals surface area contributed by atoms with Crippen LogP contribution in [0.2, 0.25) is 0 Å². The first-order valence-electron chi connectivity index (χ1n) is 11.1. The summed E-state index contributed by atoms with van der Waals surface area (Å²) in [5.41, 5.74) is 2.97. The molecule has 172 valence electrons. The molecule has 4 rings (SSSR count). The average molecular weight is 451 g/mol. The van der Waals surface area contributed by atoms with Gasteiger partial charge in [-0.2, -0.15) is 0 Å². The fraction of sp³-hybridized carbons (Fsp3) is 0.346. The van der Waals surface area contributed by atoms with E-state index in [0.717, 1.165) is 16.5 Å². The summed E-state index contributed by atoms with van der Waals surface area (Å²) in [6, 6.07) is 9.45. The summed E-state index contributed by atoms with van der Waals surface area (Å²) in [6.07, 6.45) is 1.50. The van der Waals surface area contributed by atoms with Crippen molar-refractivity contribution in [3.63, 3.8) is 0 Å². The van der Waals surface area contributed by atoms with Gasteiger partial charge in [-0.3, -0.25) is 9.59 Å². The SMILES string of the molecule is Cc1cc(-c2c(C(C)C)nc(C(=O)NC3CCC(C(=O)O)C3)c3cc(O)ccc23)ccc1F. The number of rotatable bonds is 5. The van der Waals surface area contributed by atoms with Crippen molar-refractivity contribution in [1.29, 1.82) is 0 Å². The molecule has 2 aromatic carbocycles. The Labute approximate surface area is 191 Å². The zero-order valence-corrected chi connectivity index (χ0v) is 18.9. The topological polar surface area (TPSA) is 99.5 Å². The van der Waals surface area contributed by atoms with Crippen molar-refractivity contribution in [2.45, 2.75) is 52.0 Å². The van der Waals surface area contributed by atoms with Crippen molar-refractivity contribution >= 4 is 22.6 Å². The lowest BCUT2D eigenvalue weighted by Gasteiger charge is -2.20. The molecule has 1 heterocycles. The average Bonchev–Trinajstić information content (AvgIpc) is 3.23. The predicted molar refractivity (Wildman–Crippen MR) is 124 cm³/mol. The van der Waals surface area contributed by atoms with Gasteiger partial charge in [0.25, 0.3) is 5.91 Å². The molecule has 2 atom stereocenters. The minimum atomic E-state index is -0.846. The number of nitrogens with zero attached hydrogens (tertiary/aromatic N) is 1. The van der Waals surface area contributed by atoms with E-state index in [-0.39, 0.29) is 29.2 Å². The normalized spacial score (nSPS) is 18.1. The molecule has 33 heavy (non-hydrogen) atoms. The van der Waals surface area contributed by atoms with E-state index in [4.69, 9.17) is 4.98 Å². The third-order valence-electron chi connectivity index (χ3n) is 6.34. The number of hydrogen-bond acceptors (Lipinski definition) is 4. The molecule has 7 heteroatoms. The summed E-state index contributed by atoms with van der Waals surface area (Å²) in [4.78, 5) is 29.3. The fourth-order valence-electron chi connectivity index (χ4n) is 4.61. The van der Waals surface area contributed by atoms with Crippen molar-refractivity contribution in [3.8, 4) is 16.9 Å². The highest BCUT2D eigenvalue weighted by molar-refractivity contribution is 6.10. The molecule has 0 radical (unpaired) electrons. The second-order valence-electron chi connectivity index (χ2n) is 9.09. The molecular formula is C26H27FN2O4. The number of aromatic hydroxyl groups is 1. The highest BCUT2D eigenvalue weighted by Crippen LogP contribution is 2.38. The summed E-state index contributed by atoms with van der Waals surface area (Å²) in [6.45, 7) is 5.65. The third-order valence-corrected chi connectivity index (χ3v) is 6.34. The van der Waals surface area contributed by atoms with Gasteiger partial charge < -0.3 is 15.5 Å². The van der Waals surface area contributed by atoms with Crippen molar-refractivity contribution in [1.82, 2.24) is 10.3 Å². The second-order valence-corrected chi connectivity index (χ2v) is 9.09. The van der Waals surface area contributed by atoms with E-state index < -0.39 is 17.8 Å². The van der Waals surface area contributed by atoms with Crippen LogP contribution >= 0.6 is 0 Å². The first-order chi connectivity index (χ1) is 15.7. The maximum atomic E-state index is 13.9. The summed E-state index contributed by atoms with van der Waals surface area (Å²) in [7, 11) is 0. The van der Waals surface area contributed by atoms with Crippen LogP contribution in [0.5, 0.6) is 5.75 Å². The molecule has 1 aliphatic carbocycles. The van der Waals surface area contributed by atoms with Crippen molar-refractivity contribution < 1.29 is 24.2 Å². The van der Waals surface area contributed by atoms with Crippen LogP contribution in [-0.4, -0.2) is 33.1 Å². The number of halogens is 1. The lowest BCUT2D eigenvalue weighted by atomic mass is 9.90. The van der Waals surface area contributed by atoms with E-state index in [0.29, 0.717) is 35.9 Å². The summed E-state index contributed by atoms with van der Waals surface area (Å²) >= 11 is 0. The van der Waals surface area contributed by atoms with Crippen LogP contribution in [0.4, 0.5) is 4.39 Å². The number of phenolic OH excluding ortho intramolecular Hbond substituents is 1. The minimum absolute atomic E-state index is 0.00342. The summed E-state index contributed by atoms with van der Waals surface area (Å²) in [5, 5.41) is 23.6. The van der Waals surface area contributed by atoms with Gasteiger partial charge in [-0.15, -0.1) is 0 Å². The first-order valence-corrected chi connectivity index (χ1v) is 11.1. The molecule has 1 aliphatic rings. The molecule has 0 saturated heterocycles. The van der Waals surface area contributed by atoms with Crippen LogP contribution in [0.3, 0.4) is 0 Å². The molecule has 3 aromatic rings. The standard InChI is InChI=1S/C26H27FN2O4/c1-13(2)23-22(15-5-9-21(27)14(3)10-15)19-8-7-18(30)12-20(19)24(29-23)25(31)28-17-6-4-16(11-17)26(32)33/h5,7-10,12-13,16-17,30H,4,6,11H2,1-3H3,(H,28,31)(H,32,33). The highest BCUT2D eigenvalue weighted by atomic mass is 19.1. The van der Waals surface area contributed by atoms with Crippen LogP contribution in [0.25, 0.3) is 21.9 Å². The van der Waals surface area contributed by atoms with Gasteiger partial charge in [0.2, 0.25) is 0 Å². The Hall–Kier alpha value is -3.48. The maximum Gasteiger partial charge on any atom is 0.306 e. The number of amides is 1. The van der Waals surface area contributed by atoms with Crippen LogP contribution < -0.4 is 5.32 Å². The van der Waals surface area contributed by atoms with Gasteiger partial charge >= 0.3 is 5.97 Å². The number of aliphatic carboxylic acids is 1. The Kier molecular flexibility index (Phi) is 6.06. The molecule has 0 spiro atoms. The van der Waals surface area contributed by atoms with Crippen LogP contribution in [-0.2, 0) is 4.79 Å². The van der Waals surface area contributed by atoms with Crippen molar-refractivity contribution in [2.24, 2.45) is 5.92 Å². The number of carboxylic acids is 1. The molecule has 0 bridgehead atoms. The zero-order valence-electron chi connectivity index (χ0n) is 18.9. The fourth-order valence-corrected chi connectivity index (χ4v) is 4.61. The Bertz CT molecular complexity index is 1250. The van der Waals surface area contributed by atoms with Gasteiger partial charge in [-0.05, 0) is 78.9 Å². The second kappa shape index (κ2) is 8.81.